The van der Waals surface area contributed by atoms with E-state index in [-0.39, 0.29) is 35.7 Å². The number of amides is 1. The molecule has 5 nitrogen and oxygen atoms in total. The van der Waals surface area contributed by atoms with Crippen LogP contribution in [0, 0.1) is 5.82 Å². The van der Waals surface area contributed by atoms with Crippen LogP contribution in [-0.4, -0.2) is 37.4 Å². The Bertz CT molecular complexity index is 825. The molecule has 7 heteroatoms. The van der Waals surface area contributed by atoms with Gasteiger partial charge in [0.25, 0.3) is 0 Å². The molecule has 3 rings (SSSR count). The number of halogens is 2. The molecule has 0 spiro atoms. The summed E-state index contributed by atoms with van der Waals surface area (Å²) in [5.41, 5.74) is 2.94. The molecule has 1 heterocycles. The number of guanidine groups is 1. The number of carbonyl (C=O) groups excluding carboxylic acids is 1. The molecule has 2 aromatic rings. The van der Waals surface area contributed by atoms with E-state index >= 15 is 0 Å². The van der Waals surface area contributed by atoms with E-state index in [1.54, 1.807) is 13.1 Å². The SMILES string of the molecule is CN=C(NCc1ccc(N2CCCC2=O)cc1)N(C)Cc1cccc(F)c1.I. The second kappa shape index (κ2) is 10.4. The lowest BCUT2D eigenvalue weighted by molar-refractivity contribution is -0.117. The van der Waals surface area contributed by atoms with Crippen molar-refractivity contribution in [3.63, 3.8) is 0 Å². The van der Waals surface area contributed by atoms with Gasteiger partial charge < -0.3 is 15.1 Å². The van der Waals surface area contributed by atoms with Crippen LogP contribution in [0.15, 0.2) is 53.5 Å². The molecule has 0 radical (unpaired) electrons. The first kappa shape index (κ1) is 22.1. The second-order valence-electron chi connectivity index (χ2n) is 6.70. The number of hydrogen-bond acceptors (Lipinski definition) is 2. The number of nitrogens with one attached hydrogen (secondary N) is 1. The van der Waals surface area contributed by atoms with Crippen LogP contribution >= 0.6 is 24.0 Å². The van der Waals surface area contributed by atoms with E-state index in [4.69, 9.17) is 0 Å². The van der Waals surface area contributed by atoms with Crippen molar-refractivity contribution < 1.29 is 9.18 Å². The Morgan fingerprint density at radius 3 is 2.57 bits per heavy atom. The average Bonchev–Trinajstić information content (AvgIpc) is 3.09. The van der Waals surface area contributed by atoms with Crippen LogP contribution in [0.3, 0.4) is 0 Å². The Kier molecular flexibility index (Phi) is 8.22. The number of hydrogen-bond donors (Lipinski definition) is 1. The van der Waals surface area contributed by atoms with Gasteiger partial charge in [-0.3, -0.25) is 9.79 Å². The smallest absolute Gasteiger partial charge is 0.227 e. The van der Waals surface area contributed by atoms with E-state index in [0.29, 0.717) is 19.5 Å². The van der Waals surface area contributed by atoms with Crippen molar-refractivity contribution in [2.45, 2.75) is 25.9 Å². The van der Waals surface area contributed by atoms with Crippen molar-refractivity contribution >= 4 is 41.5 Å². The van der Waals surface area contributed by atoms with Crippen molar-refractivity contribution in [3.8, 4) is 0 Å². The molecule has 1 amide bonds. The largest absolute Gasteiger partial charge is 0.352 e. The van der Waals surface area contributed by atoms with Gasteiger partial charge in [0.15, 0.2) is 5.96 Å². The van der Waals surface area contributed by atoms with Gasteiger partial charge in [-0.15, -0.1) is 24.0 Å². The third-order valence-electron chi connectivity index (χ3n) is 4.65. The predicted octanol–water partition coefficient (Wildman–Crippen LogP) is 3.78. The summed E-state index contributed by atoms with van der Waals surface area (Å²) in [5, 5.41) is 3.32. The number of aliphatic imine (C=N–C) groups is 1. The van der Waals surface area contributed by atoms with E-state index < -0.39 is 0 Å². The summed E-state index contributed by atoms with van der Waals surface area (Å²) in [5.74, 6) is 0.693. The summed E-state index contributed by atoms with van der Waals surface area (Å²) in [6.07, 6.45) is 1.56. The Morgan fingerprint density at radius 2 is 1.96 bits per heavy atom. The maximum Gasteiger partial charge on any atom is 0.227 e. The van der Waals surface area contributed by atoms with Gasteiger partial charge in [-0.05, 0) is 41.8 Å². The van der Waals surface area contributed by atoms with Gasteiger partial charge >= 0.3 is 0 Å². The maximum atomic E-state index is 13.3. The Morgan fingerprint density at radius 1 is 1.21 bits per heavy atom. The first-order valence-electron chi connectivity index (χ1n) is 9.12. The molecule has 0 saturated carbocycles. The zero-order valence-electron chi connectivity index (χ0n) is 16.2. The van der Waals surface area contributed by atoms with Crippen molar-refractivity contribution in [1.82, 2.24) is 10.2 Å². The van der Waals surface area contributed by atoms with Crippen LogP contribution in [0.25, 0.3) is 0 Å². The summed E-state index contributed by atoms with van der Waals surface area (Å²) < 4.78 is 13.3. The molecule has 0 bridgehead atoms. The Hall–Kier alpha value is -2.16. The predicted molar refractivity (Wildman–Crippen MR) is 122 cm³/mol. The van der Waals surface area contributed by atoms with Crippen LogP contribution in [0.4, 0.5) is 10.1 Å². The first-order valence-corrected chi connectivity index (χ1v) is 9.12. The average molecular weight is 496 g/mol. The van der Waals surface area contributed by atoms with Gasteiger partial charge in [0.05, 0.1) is 0 Å². The zero-order chi connectivity index (χ0) is 19.2. The number of nitrogens with zero attached hydrogens (tertiary/aromatic N) is 3. The molecule has 0 atom stereocenters. The number of carbonyl (C=O) groups is 1. The lowest BCUT2D eigenvalue weighted by Gasteiger charge is -2.22. The minimum Gasteiger partial charge on any atom is -0.352 e. The van der Waals surface area contributed by atoms with Crippen LogP contribution in [-0.2, 0) is 17.9 Å². The Balaban J connectivity index is 0.00000280. The van der Waals surface area contributed by atoms with Gasteiger partial charge in [-0.2, -0.15) is 0 Å². The fourth-order valence-electron chi connectivity index (χ4n) is 3.26. The van der Waals surface area contributed by atoms with E-state index in [1.807, 2.05) is 47.2 Å². The zero-order valence-corrected chi connectivity index (χ0v) is 18.5. The van der Waals surface area contributed by atoms with Gasteiger partial charge in [0.2, 0.25) is 5.91 Å². The summed E-state index contributed by atoms with van der Waals surface area (Å²) in [6.45, 7) is 1.98. The quantitative estimate of drug-likeness (QED) is 0.390. The standard InChI is InChI=1S/C21H25FN4O.HI/c1-23-21(25(2)15-17-5-3-6-18(22)13-17)24-14-16-8-10-19(11-9-16)26-12-4-7-20(26)27;/h3,5-6,8-11,13H,4,7,12,14-15H2,1-2H3,(H,23,24);1H. The summed E-state index contributed by atoms with van der Waals surface area (Å²) in [4.78, 5) is 19.9. The summed E-state index contributed by atoms with van der Waals surface area (Å²) in [6, 6.07) is 14.6. The van der Waals surface area contributed by atoms with Gasteiger partial charge in [0.1, 0.15) is 5.82 Å². The lowest BCUT2D eigenvalue weighted by Crippen LogP contribution is -2.38. The monoisotopic (exact) mass is 496 g/mol. The van der Waals surface area contributed by atoms with Crippen molar-refractivity contribution in [2.24, 2.45) is 4.99 Å². The number of benzene rings is 2. The molecule has 0 aromatic heterocycles. The summed E-state index contributed by atoms with van der Waals surface area (Å²) >= 11 is 0. The molecule has 1 aliphatic heterocycles. The Labute approximate surface area is 182 Å². The number of rotatable bonds is 5. The maximum absolute atomic E-state index is 13.3. The molecule has 0 unspecified atom stereocenters. The van der Waals surface area contributed by atoms with E-state index in [0.717, 1.165) is 35.7 Å². The summed E-state index contributed by atoms with van der Waals surface area (Å²) in [7, 11) is 3.65. The molecule has 150 valence electrons. The molecule has 2 aromatic carbocycles. The van der Waals surface area contributed by atoms with Crippen molar-refractivity contribution in [1.29, 1.82) is 0 Å². The van der Waals surface area contributed by atoms with Crippen LogP contribution in [0.2, 0.25) is 0 Å². The van der Waals surface area contributed by atoms with E-state index in [2.05, 4.69) is 10.3 Å². The normalized spacial score (nSPS) is 14.0. The van der Waals surface area contributed by atoms with Gasteiger partial charge in [-0.1, -0.05) is 24.3 Å². The molecular formula is C21H26FIN4O. The highest BCUT2D eigenvalue weighted by atomic mass is 127. The lowest BCUT2D eigenvalue weighted by atomic mass is 10.2. The highest BCUT2D eigenvalue weighted by molar-refractivity contribution is 14.0. The topological polar surface area (TPSA) is 47.9 Å². The third kappa shape index (κ3) is 5.67. The van der Waals surface area contributed by atoms with Gasteiger partial charge in [-0.25, -0.2) is 4.39 Å². The minimum atomic E-state index is -0.236. The highest BCUT2D eigenvalue weighted by Crippen LogP contribution is 2.21. The van der Waals surface area contributed by atoms with Crippen molar-refractivity contribution in [2.75, 3.05) is 25.5 Å². The molecule has 1 N–H and O–H groups in total. The molecule has 1 aliphatic rings. The number of anilines is 1. The van der Waals surface area contributed by atoms with E-state index in [9.17, 15) is 9.18 Å². The molecule has 28 heavy (non-hydrogen) atoms. The molecular weight excluding hydrogens is 470 g/mol. The van der Waals surface area contributed by atoms with Gasteiger partial charge in [0, 0.05) is 45.8 Å². The fourth-order valence-corrected chi connectivity index (χ4v) is 3.26. The van der Waals surface area contributed by atoms with Crippen LogP contribution < -0.4 is 10.2 Å². The molecule has 1 fully saturated rings. The molecule has 0 aliphatic carbocycles. The fraction of sp³-hybridized carbons (Fsp3) is 0.333. The van der Waals surface area contributed by atoms with Crippen LogP contribution in [0.1, 0.15) is 24.0 Å². The van der Waals surface area contributed by atoms with Crippen molar-refractivity contribution in [3.05, 3.63) is 65.5 Å². The molecule has 1 saturated heterocycles. The third-order valence-corrected chi connectivity index (χ3v) is 4.65. The van der Waals surface area contributed by atoms with Crippen LogP contribution in [0.5, 0.6) is 0 Å². The first-order chi connectivity index (χ1) is 13.1. The highest BCUT2D eigenvalue weighted by Gasteiger charge is 2.21. The minimum absolute atomic E-state index is 0. The second-order valence-corrected chi connectivity index (χ2v) is 6.70. The van der Waals surface area contributed by atoms with E-state index in [1.165, 1.54) is 12.1 Å².